The van der Waals surface area contributed by atoms with Crippen LogP contribution < -0.4 is 0 Å². The van der Waals surface area contributed by atoms with E-state index in [4.69, 9.17) is 24.8 Å². The summed E-state index contributed by atoms with van der Waals surface area (Å²) < 4.78 is 9.67. The smallest absolute Gasteiger partial charge is 0.335 e. The van der Waals surface area contributed by atoms with Gasteiger partial charge in [-0.2, -0.15) is 0 Å². The number of carboxylic acid groups (broad SMARTS) is 1. The number of hydrogen-bond acceptors (Lipinski definition) is 8. The van der Waals surface area contributed by atoms with Crippen molar-refractivity contribution in [2.24, 2.45) is 0 Å². The molecule has 0 amide bonds. The van der Waals surface area contributed by atoms with Crippen LogP contribution in [0.15, 0.2) is 0 Å². The second-order valence-electron chi connectivity index (χ2n) is 3.84. The predicted octanol–water partition coefficient (Wildman–Crippen LogP) is -3.75. The van der Waals surface area contributed by atoms with E-state index in [-0.39, 0.29) is 0 Å². The molecule has 0 spiro atoms. The molecular weight excluding hydrogens is 252 g/mol. The molecule has 1 aliphatic rings. The van der Waals surface area contributed by atoms with Gasteiger partial charge in [0.1, 0.15) is 24.4 Å². The molecule has 0 aliphatic carbocycles. The quantitative estimate of drug-likeness (QED) is 0.294. The Morgan fingerprint density at radius 3 is 2.22 bits per heavy atom. The zero-order chi connectivity index (χ0) is 13.9. The van der Waals surface area contributed by atoms with Gasteiger partial charge in [-0.3, -0.25) is 0 Å². The Bertz CT molecular complexity index is 281. The second kappa shape index (κ2) is 6.38. The van der Waals surface area contributed by atoms with Crippen molar-refractivity contribution in [1.29, 1.82) is 0 Å². The van der Waals surface area contributed by atoms with E-state index in [1.54, 1.807) is 0 Å². The zero-order valence-corrected chi connectivity index (χ0v) is 9.29. The number of rotatable bonds is 5. The Balaban J connectivity index is 2.72. The molecule has 0 aromatic rings. The molecule has 106 valence electrons. The summed E-state index contributed by atoms with van der Waals surface area (Å²) in [6, 6.07) is 0. The summed E-state index contributed by atoms with van der Waals surface area (Å²) in [5.74, 6) is -1.48. The minimum atomic E-state index is -1.70. The van der Waals surface area contributed by atoms with Crippen LogP contribution in [0.3, 0.4) is 0 Å². The fourth-order valence-corrected chi connectivity index (χ4v) is 1.52. The molecule has 2 unspecified atom stereocenters. The Morgan fingerprint density at radius 2 is 1.78 bits per heavy atom. The van der Waals surface area contributed by atoms with Crippen molar-refractivity contribution in [3.63, 3.8) is 0 Å². The molecule has 1 aliphatic heterocycles. The number of aliphatic carboxylic acids is 1. The summed E-state index contributed by atoms with van der Waals surface area (Å²) in [6.45, 7) is -1.51. The first-order valence-electron chi connectivity index (χ1n) is 5.22. The first kappa shape index (κ1) is 15.2. The van der Waals surface area contributed by atoms with Crippen molar-refractivity contribution in [2.45, 2.75) is 36.8 Å². The Labute approximate surface area is 102 Å². The minimum absolute atomic E-state index is 0.651. The number of aliphatic hydroxyl groups is 5. The molecular formula is C9H16O9. The number of hydrogen-bond donors (Lipinski definition) is 6. The van der Waals surface area contributed by atoms with E-state index in [0.717, 1.165) is 0 Å². The maximum Gasteiger partial charge on any atom is 0.335 e. The molecule has 1 saturated heterocycles. The first-order valence-corrected chi connectivity index (χ1v) is 5.22. The second-order valence-corrected chi connectivity index (χ2v) is 3.84. The summed E-state index contributed by atoms with van der Waals surface area (Å²) in [5.41, 5.74) is 0. The highest BCUT2D eigenvalue weighted by Crippen LogP contribution is 2.22. The Hall–Kier alpha value is -0.810. The van der Waals surface area contributed by atoms with Crippen molar-refractivity contribution in [2.75, 3.05) is 13.2 Å². The molecule has 6 atom stereocenters. The maximum absolute atomic E-state index is 10.6. The number of aliphatic hydroxyl groups excluding tert-OH is 5. The lowest BCUT2D eigenvalue weighted by Crippen LogP contribution is -2.60. The molecule has 0 saturated carbocycles. The van der Waals surface area contributed by atoms with Gasteiger partial charge < -0.3 is 40.1 Å². The van der Waals surface area contributed by atoms with E-state index < -0.39 is 56.0 Å². The largest absolute Gasteiger partial charge is 0.479 e. The topological polar surface area (TPSA) is 157 Å². The van der Waals surface area contributed by atoms with Gasteiger partial charge in [0, 0.05) is 0 Å². The van der Waals surface area contributed by atoms with Crippen molar-refractivity contribution < 1.29 is 44.9 Å². The SMILES string of the molecule is O=C(O)[C@@H](CO)O[C@H]1OC(CO)[C@H](O)[C@H](O)C1O. The third-order valence-electron chi connectivity index (χ3n) is 2.59. The van der Waals surface area contributed by atoms with E-state index in [9.17, 15) is 20.1 Å². The van der Waals surface area contributed by atoms with Gasteiger partial charge >= 0.3 is 5.97 Å². The lowest BCUT2D eigenvalue weighted by molar-refractivity contribution is -0.311. The van der Waals surface area contributed by atoms with Crippen molar-refractivity contribution in [3.8, 4) is 0 Å². The van der Waals surface area contributed by atoms with E-state index in [1.165, 1.54) is 0 Å². The van der Waals surface area contributed by atoms with Crippen LogP contribution in [0, 0.1) is 0 Å². The average molecular weight is 268 g/mol. The molecule has 1 rings (SSSR count). The van der Waals surface area contributed by atoms with Gasteiger partial charge in [-0.1, -0.05) is 0 Å². The van der Waals surface area contributed by atoms with Crippen molar-refractivity contribution in [3.05, 3.63) is 0 Å². The summed E-state index contributed by atoms with van der Waals surface area (Å²) in [5, 5.41) is 54.7. The third-order valence-corrected chi connectivity index (χ3v) is 2.59. The highest BCUT2D eigenvalue weighted by atomic mass is 16.7. The molecule has 0 radical (unpaired) electrons. The van der Waals surface area contributed by atoms with Crippen LogP contribution in [0.5, 0.6) is 0 Å². The molecule has 0 bridgehead atoms. The monoisotopic (exact) mass is 268 g/mol. The lowest BCUT2D eigenvalue weighted by Gasteiger charge is -2.40. The minimum Gasteiger partial charge on any atom is -0.479 e. The van der Waals surface area contributed by atoms with Crippen LogP contribution >= 0.6 is 0 Å². The fourth-order valence-electron chi connectivity index (χ4n) is 1.52. The molecule has 18 heavy (non-hydrogen) atoms. The number of carbonyl (C=O) groups is 1. The third kappa shape index (κ3) is 3.14. The van der Waals surface area contributed by atoms with Gasteiger partial charge in [0.15, 0.2) is 12.4 Å². The standard InChI is InChI=1S/C9H16O9/c10-1-3-5(12)6(13)7(14)9(17-3)18-4(2-11)8(15)16/h3-7,9-14H,1-2H2,(H,15,16)/t3?,4-,5+,6+,7?,9-/m1/s1. The number of carboxylic acids is 1. The van der Waals surface area contributed by atoms with Crippen LogP contribution in [-0.2, 0) is 14.3 Å². The first-order chi connectivity index (χ1) is 8.42. The molecule has 1 heterocycles. The molecule has 0 aromatic heterocycles. The molecule has 0 aromatic carbocycles. The van der Waals surface area contributed by atoms with Crippen LogP contribution in [0.2, 0.25) is 0 Å². The predicted molar refractivity (Wildman–Crippen MR) is 53.4 cm³/mol. The summed E-state index contributed by atoms with van der Waals surface area (Å²) in [6.07, 6.45) is -9.32. The number of ether oxygens (including phenoxy) is 2. The highest BCUT2D eigenvalue weighted by molar-refractivity contribution is 5.72. The van der Waals surface area contributed by atoms with E-state index in [0.29, 0.717) is 0 Å². The highest BCUT2D eigenvalue weighted by Gasteiger charge is 2.45. The average Bonchev–Trinajstić information content (AvgIpc) is 2.35. The van der Waals surface area contributed by atoms with E-state index >= 15 is 0 Å². The summed E-state index contributed by atoms with van der Waals surface area (Å²) in [4.78, 5) is 10.6. The van der Waals surface area contributed by atoms with Gasteiger partial charge in [-0.25, -0.2) is 4.79 Å². The van der Waals surface area contributed by atoms with Gasteiger partial charge in [-0.15, -0.1) is 0 Å². The van der Waals surface area contributed by atoms with Crippen molar-refractivity contribution in [1.82, 2.24) is 0 Å². The maximum atomic E-state index is 10.6. The normalized spacial score (nSPS) is 38.4. The van der Waals surface area contributed by atoms with Gasteiger partial charge in [0.25, 0.3) is 0 Å². The Morgan fingerprint density at radius 1 is 1.17 bits per heavy atom. The lowest BCUT2D eigenvalue weighted by atomic mass is 9.99. The summed E-state index contributed by atoms with van der Waals surface area (Å²) in [7, 11) is 0. The Kier molecular flexibility index (Phi) is 5.41. The fraction of sp³-hybridized carbons (Fsp3) is 0.889. The van der Waals surface area contributed by atoms with E-state index in [1.807, 2.05) is 0 Å². The molecule has 9 nitrogen and oxygen atoms in total. The van der Waals surface area contributed by atoms with Crippen molar-refractivity contribution >= 4 is 5.97 Å². The summed E-state index contributed by atoms with van der Waals surface area (Å²) >= 11 is 0. The van der Waals surface area contributed by atoms with Crippen LogP contribution in [-0.4, -0.2) is 86.6 Å². The van der Waals surface area contributed by atoms with E-state index in [2.05, 4.69) is 0 Å². The van der Waals surface area contributed by atoms with Gasteiger partial charge in [0.05, 0.1) is 13.2 Å². The zero-order valence-electron chi connectivity index (χ0n) is 9.29. The van der Waals surface area contributed by atoms with Crippen LogP contribution in [0.25, 0.3) is 0 Å². The van der Waals surface area contributed by atoms with Gasteiger partial charge in [0.2, 0.25) is 0 Å². The van der Waals surface area contributed by atoms with Gasteiger partial charge in [-0.05, 0) is 0 Å². The van der Waals surface area contributed by atoms with Crippen LogP contribution in [0.4, 0.5) is 0 Å². The molecule has 1 fully saturated rings. The van der Waals surface area contributed by atoms with Crippen LogP contribution in [0.1, 0.15) is 0 Å². The molecule has 6 N–H and O–H groups in total. The molecule has 9 heteroatoms.